The van der Waals surface area contributed by atoms with Crippen LogP contribution in [0, 0.1) is 6.92 Å². The van der Waals surface area contributed by atoms with Crippen molar-refractivity contribution >= 4 is 11.4 Å². The number of aryl methyl sites for hydroxylation is 1. The maximum atomic E-state index is 6.04. The molecule has 0 saturated heterocycles. The third-order valence-electron chi connectivity index (χ3n) is 4.61. The maximum Gasteiger partial charge on any atom is 0.145 e. The van der Waals surface area contributed by atoms with Crippen LogP contribution in [0.5, 0.6) is 11.5 Å². The summed E-state index contributed by atoms with van der Waals surface area (Å²) < 4.78 is 11.9. The van der Waals surface area contributed by atoms with Gasteiger partial charge in [-0.3, -0.25) is 0 Å². The summed E-state index contributed by atoms with van der Waals surface area (Å²) in [6.45, 7) is 6.94. The van der Waals surface area contributed by atoms with Crippen LogP contribution in [0.1, 0.15) is 31.7 Å². The lowest BCUT2D eigenvalue weighted by Crippen LogP contribution is -2.40. The van der Waals surface area contributed by atoms with Gasteiger partial charge in [-0.05, 0) is 50.5 Å². The van der Waals surface area contributed by atoms with E-state index in [0.29, 0.717) is 0 Å². The molecule has 0 fully saturated rings. The molecule has 2 N–H and O–H groups in total. The van der Waals surface area contributed by atoms with Gasteiger partial charge < -0.3 is 20.1 Å². The van der Waals surface area contributed by atoms with Gasteiger partial charge in [-0.15, -0.1) is 0 Å². The van der Waals surface area contributed by atoms with Crippen molar-refractivity contribution in [1.82, 2.24) is 0 Å². The molecule has 4 nitrogen and oxygen atoms in total. The molecule has 1 atom stereocenters. The Hall–Kier alpha value is -2.36. The van der Waals surface area contributed by atoms with Crippen molar-refractivity contribution in [3.05, 3.63) is 48.0 Å². The van der Waals surface area contributed by atoms with Crippen molar-refractivity contribution in [2.75, 3.05) is 30.3 Å². The largest absolute Gasteiger partial charge is 0.494 e. The number of hydrogen-bond donors (Lipinski definition) is 1. The summed E-state index contributed by atoms with van der Waals surface area (Å²) in [4.78, 5) is 2.41. The fraction of sp³-hybridized carbons (Fsp3) is 0.429. The van der Waals surface area contributed by atoms with Gasteiger partial charge in [0.05, 0.1) is 18.8 Å². The lowest BCUT2D eigenvalue weighted by Gasteiger charge is -2.36. The van der Waals surface area contributed by atoms with E-state index in [1.54, 1.807) is 0 Å². The van der Waals surface area contributed by atoms with Crippen LogP contribution < -0.4 is 20.1 Å². The molecule has 1 aliphatic rings. The van der Waals surface area contributed by atoms with E-state index < -0.39 is 0 Å². The SMILES string of the molecule is CCC1CN(CCCCOc2ccc(C)cc2)c2ccc(N)cc2O1. The number of nitrogen functional groups attached to an aromatic ring is 1. The summed E-state index contributed by atoms with van der Waals surface area (Å²) >= 11 is 0. The van der Waals surface area contributed by atoms with Crippen LogP contribution in [-0.4, -0.2) is 25.8 Å². The Balaban J connectivity index is 1.50. The highest BCUT2D eigenvalue weighted by molar-refractivity contribution is 5.65. The van der Waals surface area contributed by atoms with E-state index in [9.17, 15) is 0 Å². The average Bonchev–Trinajstić information content (AvgIpc) is 2.62. The first-order chi connectivity index (χ1) is 12.2. The highest BCUT2D eigenvalue weighted by Crippen LogP contribution is 2.35. The third-order valence-corrected chi connectivity index (χ3v) is 4.61. The molecular formula is C21H28N2O2. The molecule has 0 radical (unpaired) electrons. The Kier molecular flexibility index (Phi) is 5.69. The normalized spacial score (nSPS) is 16.2. The van der Waals surface area contributed by atoms with Gasteiger partial charge in [0.2, 0.25) is 0 Å². The lowest BCUT2D eigenvalue weighted by molar-refractivity contribution is 0.189. The van der Waals surface area contributed by atoms with Gasteiger partial charge >= 0.3 is 0 Å². The summed E-state index contributed by atoms with van der Waals surface area (Å²) in [6, 6.07) is 14.2. The monoisotopic (exact) mass is 340 g/mol. The minimum atomic E-state index is 0.234. The molecular weight excluding hydrogens is 312 g/mol. The van der Waals surface area contributed by atoms with Gasteiger partial charge in [0.15, 0.2) is 0 Å². The van der Waals surface area contributed by atoms with Gasteiger partial charge in [0.1, 0.15) is 17.6 Å². The van der Waals surface area contributed by atoms with Crippen molar-refractivity contribution in [1.29, 1.82) is 0 Å². The fourth-order valence-corrected chi connectivity index (χ4v) is 3.10. The minimum absolute atomic E-state index is 0.234. The summed E-state index contributed by atoms with van der Waals surface area (Å²) in [5.74, 6) is 1.86. The van der Waals surface area contributed by atoms with Crippen molar-refractivity contribution in [2.45, 2.75) is 39.2 Å². The fourth-order valence-electron chi connectivity index (χ4n) is 3.10. The number of fused-ring (bicyclic) bond motifs is 1. The van der Waals surface area contributed by atoms with E-state index >= 15 is 0 Å². The molecule has 1 heterocycles. The first-order valence-electron chi connectivity index (χ1n) is 9.16. The summed E-state index contributed by atoms with van der Waals surface area (Å²) in [6.07, 6.45) is 3.36. The molecule has 0 saturated carbocycles. The van der Waals surface area contributed by atoms with Crippen LogP contribution in [0.2, 0.25) is 0 Å². The number of benzene rings is 2. The average molecular weight is 340 g/mol. The van der Waals surface area contributed by atoms with Crippen molar-refractivity contribution in [3.63, 3.8) is 0 Å². The van der Waals surface area contributed by atoms with Crippen molar-refractivity contribution < 1.29 is 9.47 Å². The van der Waals surface area contributed by atoms with E-state index in [4.69, 9.17) is 15.2 Å². The van der Waals surface area contributed by atoms with Crippen LogP contribution in [0.3, 0.4) is 0 Å². The van der Waals surface area contributed by atoms with Gasteiger partial charge in [0.25, 0.3) is 0 Å². The molecule has 2 aromatic rings. The van der Waals surface area contributed by atoms with Gasteiger partial charge in [-0.2, -0.15) is 0 Å². The third kappa shape index (κ3) is 4.59. The van der Waals surface area contributed by atoms with Gasteiger partial charge in [0, 0.05) is 18.3 Å². The van der Waals surface area contributed by atoms with E-state index in [2.05, 4.69) is 36.9 Å². The van der Waals surface area contributed by atoms with Crippen molar-refractivity contribution in [2.24, 2.45) is 0 Å². The molecule has 25 heavy (non-hydrogen) atoms. The predicted octanol–water partition coefficient (Wildman–Crippen LogP) is 4.41. The molecule has 3 rings (SSSR count). The van der Waals surface area contributed by atoms with Crippen molar-refractivity contribution in [3.8, 4) is 11.5 Å². The topological polar surface area (TPSA) is 47.7 Å². The maximum absolute atomic E-state index is 6.04. The molecule has 0 aromatic heterocycles. The second-order valence-electron chi connectivity index (χ2n) is 6.69. The van der Waals surface area contributed by atoms with E-state index in [-0.39, 0.29) is 6.10 Å². The standard InChI is InChI=1S/C21H28N2O2/c1-3-18-15-23(20-11-8-17(22)14-21(20)25-18)12-4-5-13-24-19-9-6-16(2)7-10-19/h6-11,14,18H,3-5,12-13,15,22H2,1-2H3. The van der Waals surface area contributed by atoms with Crippen LogP contribution in [0.15, 0.2) is 42.5 Å². The Morgan fingerprint density at radius 1 is 1.16 bits per heavy atom. The minimum Gasteiger partial charge on any atom is -0.494 e. The number of hydrogen-bond acceptors (Lipinski definition) is 4. The number of nitrogens with zero attached hydrogens (tertiary/aromatic N) is 1. The Labute approximate surface area is 150 Å². The molecule has 0 spiro atoms. The number of nitrogens with two attached hydrogens (primary N) is 1. The molecule has 2 aromatic carbocycles. The van der Waals surface area contributed by atoms with E-state index in [1.807, 2.05) is 24.3 Å². The summed E-state index contributed by atoms with van der Waals surface area (Å²) in [5.41, 5.74) is 9.06. The van der Waals surface area contributed by atoms with Crippen LogP contribution in [-0.2, 0) is 0 Å². The Morgan fingerprint density at radius 2 is 1.96 bits per heavy atom. The quantitative estimate of drug-likeness (QED) is 0.599. The molecule has 134 valence electrons. The molecule has 0 amide bonds. The highest BCUT2D eigenvalue weighted by atomic mass is 16.5. The molecule has 1 aliphatic heterocycles. The van der Waals surface area contributed by atoms with Crippen LogP contribution >= 0.6 is 0 Å². The predicted molar refractivity (Wildman–Crippen MR) is 104 cm³/mol. The zero-order valence-electron chi connectivity index (χ0n) is 15.2. The van der Waals surface area contributed by atoms with Gasteiger partial charge in [-0.25, -0.2) is 0 Å². The zero-order chi connectivity index (χ0) is 17.6. The summed E-state index contributed by atoms with van der Waals surface area (Å²) in [7, 11) is 0. The number of rotatable bonds is 7. The molecule has 0 bridgehead atoms. The van der Waals surface area contributed by atoms with Gasteiger partial charge in [-0.1, -0.05) is 24.6 Å². The smallest absolute Gasteiger partial charge is 0.145 e. The molecule has 1 unspecified atom stereocenters. The molecule has 4 heteroatoms. The van der Waals surface area contributed by atoms with Crippen LogP contribution in [0.4, 0.5) is 11.4 Å². The second kappa shape index (κ2) is 8.15. The Bertz CT molecular complexity index is 685. The Morgan fingerprint density at radius 3 is 2.72 bits per heavy atom. The lowest BCUT2D eigenvalue weighted by atomic mass is 10.1. The molecule has 0 aliphatic carbocycles. The number of ether oxygens (including phenoxy) is 2. The van der Waals surface area contributed by atoms with E-state index in [0.717, 1.165) is 61.8 Å². The second-order valence-corrected chi connectivity index (χ2v) is 6.69. The first-order valence-corrected chi connectivity index (χ1v) is 9.16. The number of unbranched alkanes of at least 4 members (excludes halogenated alkanes) is 1. The van der Waals surface area contributed by atoms with Crippen LogP contribution in [0.25, 0.3) is 0 Å². The summed E-state index contributed by atoms with van der Waals surface area (Å²) in [5, 5.41) is 0. The highest BCUT2D eigenvalue weighted by Gasteiger charge is 2.24. The first kappa shape index (κ1) is 17.5. The number of anilines is 2. The zero-order valence-corrected chi connectivity index (χ0v) is 15.2. The van der Waals surface area contributed by atoms with E-state index in [1.165, 1.54) is 5.56 Å².